The third kappa shape index (κ3) is 3.57. The highest BCUT2D eigenvalue weighted by atomic mass is 16.3. The van der Waals surface area contributed by atoms with Gasteiger partial charge in [-0.25, -0.2) is 9.97 Å². The lowest BCUT2D eigenvalue weighted by molar-refractivity contribution is 0.153. The Morgan fingerprint density at radius 3 is 2.62 bits per heavy atom. The predicted molar refractivity (Wildman–Crippen MR) is 114 cm³/mol. The van der Waals surface area contributed by atoms with Crippen molar-refractivity contribution < 1.29 is 5.11 Å². The molecule has 1 atom stereocenters. The van der Waals surface area contributed by atoms with Gasteiger partial charge in [0.1, 0.15) is 0 Å². The monoisotopic (exact) mass is 381 g/mol. The van der Waals surface area contributed by atoms with Crippen LogP contribution >= 0.6 is 0 Å². The molecule has 1 aliphatic rings. The van der Waals surface area contributed by atoms with E-state index in [1.807, 2.05) is 53.6 Å². The zero-order valence-corrected chi connectivity index (χ0v) is 16.0. The van der Waals surface area contributed by atoms with E-state index in [1.165, 1.54) is 0 Å². The summed E-state index contributed by atoms with van der Waals surface area (Å²) in [6.45, 7) is 1.42. The van der Waals surface area contributed by atoms with E-state index in [-0.39, 0.29) is 6.10 Å². The van der Waals surface area contributed by atoms with Crippen LogP contribution < -0.4 is 4.90 Å². The van der Waals surface area contributed by atoms with Gasteiger partial charge in [-0.15, -0.1) is 0 Å². The molecule has 4 aromatic rings. The highest BCUT2D eigenvalue weighted by Gasteiger charge is 2.21. The second-order valence-electron chi connectivity index (χ2n) is 7.36. The summed E-state index contributed by atoms with van der Waals surface area (Å²) in [7, 11) is 0. The van der Waals surface area contributed by atoms with Gasteiger partial charge in [0.25, 0.3) is 0 Å². The average Bonchev–Trinajstić information content (AvgIpc) is 2.79. The van der Waals surface area contributed by atoms with Crippen molar-refractivity contribution in [1.29, 1.82) is 0 Å². The maximum atomic E-state index is 9.99. The molecule has 143 valence electrons. The van der Waals surface area contributed by atoms with Gasteiger partial charge in [-0.05, 0) is 30.5 Å². The number of aliphatic hydroxyl groups is 1. The largest absolute Gasteiger partial charge is 0.391 e. The number of pyridine rings is 1. The number of aromatic nitrogens is 3. The van der Waals surface area contributed by atoms with Crippen LogP contribution in [0.25, 0.3) is 33.4 Å². The van der Waals surface area contributed by atoms with Gasteiger partial charge in [-0.1, -0.05) is 54.6 Å². The number of nitrogens with zero attached hydrogens (tertiary/aromatic N) is 4. The van der Waals surface area contributed by atoms with E-state index in [0.29, 0.717) is 18.1 Å². The molecule has 1 aliphatic heterocycles. The summed E-state index contributed by atoms with van der Waals surface area (Å²) >= 11 is 0. The average molecular weight is 381 g/mol. The summed E-state index contributed by atoms with van der Waals surface area (Å²) in [5.41, 5.74) is 4.73. The van der Waals surface area contributed by atoms with Crippen molar-refractivity contribution in [3.8, 4) is 22.4 Å². The number of piperidine rings is 1. The number of anilines is 1. The minimum atomic E-state index is -0.326. The normalized spacial score (nSPS) is 16.9. The van der Waals surface area contributed by atoms with E-state index in [9.17, 15) is 5.11 Å². The zero-order chi connectivity index (χ0) is 19.6. The smallest absolute Gasteiger partial charge is 0.227 e. The van der Waals surface area contributed by atoms with E-state index < -0.39 is 0 Å². The van der Waals surface area contributed by atoms with Crippen LogP contribution in [0.15, 0.2) is 66.9 Å². The standard InChI is InChI=1S/C24H21N4O/c29-20-12-7-13-28(16-20)24-25-15-19-14-21(17-8-3-1-4-9-17)22(26-23(19)27-24)18-10-5-2-6-11-18/h1,3-6,8-11,14-15,20,29H,7,12-13,16H2. The summed E-state index contributed by atoms with van der Waals surface area (Å²) in [6, 6.07) is 23.3. The van der Waals surface area contributed by atoms with Crippen LogP contribution in [0.4, 0.5) is 5.95 Å². The van der Waals surface area contributed by atoms with Gasteiger partial charge < -0.3 is 10.0 Å². The minimum absolute atomic E-state index is 0.326. The van der Waals surface area contributed by atoms with Gasteiger partial charge >= 0.3 is 0 Å². The topological polar surface area (TPSA) is 62.1 Å². The molecule has 1 fully saturated rings. The van der Waals surface area contributed by atoms with Crippen LogP contribution in [-0.2, 0) is 0 Å². The minimum Gasteiger partial charge on any atom is -0.391 e. The Morgan fingerprint density at radius 2 is 1.83 bits per heavy atom. The van der Waals surface area contributed by atoms with Crippen molar-refractivity contribution in [2.24, 2.45) is 0 Å². The lowest BCUT2D eigenvalue weighted by atomic mass is 9.98. The molecule has 1 saturated heterocycles. The molecule has 1 N–H and O–H groups in total. The molecule has 0 spiro atoms. The Bertz CT molecular complexity index is 1130. The molecule has 3 heterocycles. The molecule has 5 nitrogen and oxygen atoms in total. The van der Waals surface area contributed by atoms with Gasteiger partial charge in [0.2, 0.25) is 5.95 Å². The first-order valence-corrected chi connectivity index (χ1v) is 9.91. The zero-order valence-electron chi connectivity index (χ0n) is 16.0. The number of aliphatic hydroxyl groups excluding tert-OH is 1. The van der Waals surface area contributed by atoms with Gasteiger partial charge in [0.15, 0.2) is 5.65 Å². The number of rotatable bonds is 3. The third-order valence-electron chi connectivity index (χ3n) is 5.31. The molecule has 2 aromatic carbocycles. The van der Waals surface area contributed by atoms with E-state index in [1.54, 1.807) is 0 Å². The Morgan fingerprint density at radius 1 is 1.00 bits per heavy atom. The summed E-state index contributed by atoms with van der Waals surface area (Å²) in [5.74, 6) is 0.628. The second-order valence-corrected chi connectivity index (χ2v) is 7.36. The number of hydrogen-bond acceptors (Lipinski definition) is 5. The fraction of sp³-hybridized carbons (Fsp3) is 0.208. The molecule has 5 rings (SSSR count). The molecule has 0 saturated carbocycles. The highest BCUT2D eigenvalue weighted by Crippen LogP contribution is 2.33. The van der Waals surface area contributed by atoms with E-state index in [4.69, 9.17) is 9.97 Å². The van der Waals surface area contributed by atoms with Crippen molar-refractivity contribution in [2.45, 2.75) is 18.9 Å². The molecule has 1 radical (unpaired) electrons. The quantitative estimate of drug-likeness (QED) is 0.578. The Hall–Kier alpha value is -3.31. The first-order chi connectivity index (χ1) is 14.3. The lowest BCUT2D eigenvalue weighted by Gasteiger charge is -2.30. The number of fused-ring (bicyclic) bond motifs is 1. The van der Waals surface area contributed by atoms with E-state index in [0.717, 1.165) is 47.2 Å². The van der Waals surface area contributed by atoms with Crippen molar-refractivity contribution in [3.63, 3.8) is 0 Å². The third-order valence-corrected chi connectivity index (χ3v) is 5.31. The Balaban J connectivity index is 1.66. The molecule has 0 aliphatic carbocycles. The molecule has 0 amide bonds. The number of hydrogen-bond donors (Lipinski definition) is 1. The fourth-order valence-electron chi connectivity index (χ4n) is 3.85. The van der Waals surface area contributed by atoms with E-state index in [2.05, 4.69) is 29.2 Å². The van der Waals surface area contributed by atoms with Gasteiger partial charge in [0, 0.05) is 35.8 Å². The number of β-amino-alcohol motifs (C(OH)–C–C–N with tert-alkyl or cyclic N) is 1. The van der Waals surface area contributed by atoms with Crippen molar-refractivity contribution in [3.05, 3.63) is 72.9 Å². The lowest BCUT2D eigenvalue weighted by Crippen LogP contribution is -2.39. The molecule has 2 aromatic heterocycles. The molecular weight excluding hydrogens is 360 g/mol. The maximum absolute atomic E-state index is 9.99. The van der Waals surface area contributed by atoms with Crippen LogP contribution in [0.2, 0.25) is 0 Å². The molecule has 1 unspecified atom stereocenters. The van der Waals surface area contributed by atoms with Crippen molar-refractivity contribution in [2.75, 3.05) is 18.0 Å². The Labute approximate surface area is 169 Å². The van der Waals surface area contributed by atoms with Gasteiger partial charge in [0.05, 0.1) is 11.8 Å². The number of benzene rings is 2. The van der Waals surface area contributed by atoms with Crippen molar-refractivity contribution >= 4 is 17.0 Å². The second kappa shape index (κ2) is 7.60. The van der Waals surface area contributed by atoms with Crippen LogP contribution in [0.5, 0.6) is 0 Å². The summed E-state index contributed by atoms with van der Waals surface area (Å²) in [5, 5.41) is 10.9. The van der Waals surface area contributed by atoms with Crippen LogP contribution in [0.1, 0.15) is 12.8 Å². The molecule has 29 heavy (non-hydrogen) atoms. The Kier molecular flexibility index (Phi) is 4.66. The predicted octanol–water partition coefficient (Wildman–Crippen LogP) is 4.12. The molecular formula is C24H21N4O. The van der Waals surface area contributed by atoms with Gasteiger partial charge in [-0.3, -0.25) is 0 Å². The summed E-state index contributed by atoms with van der Waals surface area (Å²) in [4.78, 5) is 16.3. The summed E-state index contributed by atoms with van der Waals surface area (Å²) in [6.07, 6.45) is 3.28. The van der Waals surface area contributed by atoms with Crippen molar-refractivity contribution in [1.82, 2.24) is 15.0 Å². The molecule has 0 bridgehead atoms. The van der Waals surface area contributed by atoms with Crippen LogP contribution in [0, 0.1) is 6.07 Å². The fourth-order valence-corrected chi connectivity index (χ4v) is 3.85. The summed E-state index contributed by atoms with van der Waals surface area (Å²) < 4.78 is 0. The maximum Gasteiger partial charge on any atom is 0.227 e. The van der Waals surface area contributed by atoms with E-state index >= 15 is 0 Å². The molecule has 5 heteroatoms. The highest BCUT2D eigenvalue weighted by molar-refractivity contribution is 5.90. The SMILES string of the molecule is OC1CCCN(c2ncc3cc(-c4ccccc4)c(-c4cc[c]cc4)nc3n2)C1. The van der Waals surface area contributed by atoms with Crippen LogP contribution in [-0.4, -0.2) is 39.3 Å². The first-order valence-electron chi connectivity index (χ1n) is 9.91. The van der Waals surface area contributed by atoms with Crippen LogP contribution in [0.3, 0.4) is 0 Å². The van der Waals surface area contributed by atoms with Gasteiger partial charge in [-0.2, -0.15) is 4.98 Å². The first kappa shape index (κ1) is 17.8.